The molecular weight excluding hydrogens is 318 g/mol. The zero-order valence-corrected chi connectivity index (χ0v) is 15.1. The second-order valence-electron chi connectivity index (χ2n) is 6.72. The summed E-state index contributed by atoms with van der Waals surface area (Å²) in [7, 11) is 0. The highest BCUT2D eigenvalue weighted by Crippen LogP contribution is 2.29. The number of ether oxygens (including phenoxy) is 1. The molecule has 0 aliphatic rings. The minimum Gasteiger partial charge on any atom is -0.479 e. The van der Waals surface area contributed by atoms with E-state index in [4.69, 9.17) is 16.3 Å². The van der Waals surface area contributed by atoms with Gasteiger partial charge in [0.1, 0.15) is 5.60 Å². The van der Waals surface area contributed by atoms with Crippen LogP contribution in [0.3, 0.4) is 0 Å². The number of benzene rings is 1. The maximum Gasteiger partial charge on any atom is 0.411 e. The first kappa shape index (κ1) is 19.3. The number of hydrogen-bond donors (Lipinski definition) is 1. The molecule has 0 saturated carbocycles. The van der Waals surface area contributed by atoms with Gasteiger partial charge in [-0.2, -0.15) is 0 Å². The van der Waals surface area contributed by atoms with Crippen LogP contribution in [0.2, 0.25) is 5.02 Å². The van der Waals surface area contributed by atoms with Gasteiger partial charge in [-0.15, -0.1) is 0 Å². The number of hydrogen-bond acceptors (Lipinski definition) is 3. The van der Waals surface area contributed by atoms with Crippen LogP contribution in [0.5, 0.6) is 0 Å². The van der Waals surface area contributed by atoms with E-state index in [-0.39, 0.29) is 6.04 Å². The lowest BCUT2D eigenvalue weighted by atomic mass is 9.99. The molecule has 0 heterocycles. The van der Waals surface area contributed by atoms with Gasteiger partial charge in [0.15, 0.2) is 6.04 Å². The Bertz CT molecular complexity index is 593. The molecule has 0 spiro atoms. The number of halogens is 1. The summed E-state index contributed by atoms with van der Waals surface area (Å²) in [5.41, 5.74) is 0.517. The molecule has 0 fully saturated rings. The van der Waals surface area contributed by atoms with Crippen molar-refractivity contribution in [2.24, 2.45) is 0 Å². The van der Waals surface area contributed by atoms with Gasteiger partial charge in [-0.05, 0) is 64.8 Å². The highest BCUT2D eigenvalue weighted by atomic mass is 35.5. The number of carbonyl (C=O) groups is 2. The lowest BCUT2D eigenvalue weighted by Crippen LogP contribution is -2.46. The summed E-state index contributed by atoms with van der Waals surface area (Å²) in [5.74, 6) is -1.12. The van der Waals surface area contributed by atoms with Crippen molar-refractivity contribution < 1.29 is 19.4 Å². The third kappa shape index (κ3) is 5.13. The van der Waals surface area contributed by atoms with Gasteiger partial charge in [0, 0.05) is 11.1 Å². The number of carboxylic acids is 1. The van der Waals surface area contributed by atoms with Gasteiger partial charge >= 0.3 is 12.1 Å². The number of amides is 1. The van der Waals surface area contributed by atoms with E-state index in [0.717, 1.165) is 0 Å². The van der Waals surface area contributed by atoms with Crippen LogP contribution < -0.4 is 0 Å². The molecule has 5 nitrogen and oxygen atoms in total. The summed E-state index contributed by atoms with van der Waals surface area (Å²) in [6.45, 7) is 10.5. The standard InChI is InChI=1S/C17H24ClNO4/c1-10(2)19(16(22)23-17(4,5)6)14(15(20)21)13-8-7-12(18)9-11(13)3/h7-10,14H,1-6H3,(H,20,21). The van der Waals surface area contributed by atoms with Gasteiger partial charge in [-0.25, -0.2) is 9.59 Å². The molecule has 1 atom stereocenters. The number of carbonyl (C=O) groups excluding carboxylic acids is 1. The van der Waals surface area contributed by atoms with Crippen LogP contribution in [0.25, 0.3) is 0 Å². The number of carboxylic acid groups (broad SMARTS) is 1. The average Bonchev–Trinajstić information content (AvgIpc) is 2.33. The molecule has 1 aromatic carbocycles. The van der Waals surface area contributed by atoms with E-state index < -0.39 is 23.7 Å². The first-order chi connectivity index (χ1) is 10.4. The van der Waals surface area contributed by atoms with Crippen LogP contribution in [0.1, 0.15) is 51.8 Å². The Hall–Kier alpha value is -1.75. The molecule has 0 aromatic heterocycles. The smallest absolute Gasteiger partial charge is 0.411 e. The van der Waals surface area contributed by atoms with Crippen molar-refractivity contribution in [3.05, 3.63) is 34.3 Å². The monoisotopic (exact) mass is 341 g/mol. The Balaban J connectivity index is 3.33. The van der Waals surface area contributed by atoms with Crippen molar-refractivity contribution in [3.63, 3.8) is 0 Å². The molecule has 0 aliphatic heterocycles. The third-order valence-electron chi connectivity index (χ3n) is 3.20. The number of aliphatic carboxylic acids is 1. The highest BCUT2D eigenvalue weighted by Gasteiger charge is 2.36. The highest BCUT2D eigenvalue weighted by molar-refractivity contribution is 6.30. The predicted molar refractivity (Wildman–Crippen MR) is 89.8 cm³/mol. The van der Waals surface area contributed by atoms with Crippen LogP contribution >= 0.6 is 11.6 Å². The van der Waals surface area contributed by atoms with Crippen molar-refractivity contribution >= 4 is 23.7 Å². The molecule has 1 unspecified atom stereocenters. The van der Waals surface area contributed by atoms with Crippen LogP contribution in [-0.2, 0) is 9.53 Å². The minimum absolute atomic E-state index is 0.346. The third-order valence-corrected chi connectivity index (χ3v) is 3.43. The first-order valence-electron chi connectivity index (χ1n) is 7.44. The minimum atomic E-state index is -1.14. The maximum atomic E-state index is 12.5. The fraction of sp³-hybridized carbons (Fsp3) is 0.529. The largest absolute Gasteiger partial charge is 0.479 e. The molecule has 1 aromatic rings. The molecule has 0 radical (unpaired) electrons. The van der Waals surface area contributed by atoms with Crippen molar-refractivity contribution in [2.75, 3.05) is 0 Å². The molecule has 1 rings (SSSR count). The first-order valence-corrected chi connectivity index (χ1v) is 7.82. The van der Waals surface area contributed by atoms with E-state index >= 15 is 0 Å². The van der Waals surface area contributed by atoms with E-state index in [9.17, 15) is 14.7 Å². The SMILES string of the molecule is Cc1cc(Cl)ccc1C(C(=O)O)N(C(=O)OC(C)(C)C)C(C)C. The maximum absolute atomic E-state index is 12.5. The normalized spacial score (nSPS) is 12.9. The van der Waals surface area contributed by atoms with E-state index in [1.807, 2.05) is 0 Å². The quantitative estimate of drug-likeness (QED) is 0.880. The van der Waals surface area contributed by atoms with Gasteiger partial charge in [0.25, 0.3) is 0 Å². The molecule has 0 saturated heterocycles. The summed E-state index contributed by atoms with van der Waals surface area (Å²) in [4.78, 5) is 25.6. The predicted octanol–water partition coefficient (Wildman–Crippen LogP) is 4.42. The Kier molecular flexibility index (Phi) is 6.05. The number of rotatable bonds is 4. The van der Waals surface area contributed by atoms with Gasteiger partial charge in [0.2, 0.25) is 0 Å². The van der Waals surface area contributed by atoms with E-state index in [0.29, 0.717) is 16.1 Å². The molecule has 23 heavy (non-hydrogen) atoms. The lowest BCUT2D eigenvalue weighted by molar-refractivity contribution is -0.144. The zero-order valence-electron chi connectivity index (χ0n) is 14.4. The Morgan fingerprint density at radius 2 is 1.83 bits per heavy atom. The fourth-order valence-corrected chi connectivity index (χ4v) is 2.50. The second-order valence-corrected chi connectivity index (χ2v) is 7.16. The molecular formula is C17H24ClNO4. The number of nitrogens with zero attached hydrogens (tertiary/aromatic N) is 1. The second kappa shape index (κ2) is 7.21. The van der Waals surface area contributed by atoms with Gasteiger partial charge in [0.05, 0.1) is 0 Å². The summed E-state index contributed by atoms with van der Waals surface area (Å²) in [5, 5.41) is 10.2. The molecule has 128 valence electrons. The van der Waals surface area contributed by atoms with Crippen LogP contribution in [0.15, 0.2) is 18.2 Å². The summed E-state index contributed by atoms with van der Waals surface area (Å²) in [6.07, 6.45) is -0.658. The van der Waals surface area contributed by atoms with Crippen molar-refractivity contribution in [1.29, 1.82) is 0 Å². The molecule has 0 aliphatic carbocycles. The van der Waals surface area contributed by atoms with Crippen molar-refractivity contribution in [1.82, 2.24) is 4.90 Å². The summed E-state index contributed by atoms with van der Waals surface area (Å²) >= 11 is 5.94. The lowest BCUT2D eigenvalue weighted by Gasteiger charge is -2.35. The van der Waals surface area contributed by atoms with Crippen molar-refractivity contribution in [3.8, 4) is 0 Å². The molecule has 6 heteroatoms. The van der Waals surface area contributed by atoms with Crippen LogP contribution in [0.4, 0.5) is 4.79 Å². The fourth-order valence-electron chi connectivity index (χ4n) is 2.28. The van der Waals surface area contributed by atoms with Crippen molar-refractivity contribution in [2.45, 2.75) is 59.2 Å². The van der Waals surface area contributed by atoms with E-state index in [1.165, 1.54) is 4.90 Å². The average molecular weight is 342 g/mol. The van der Waals surface area contributed by atoms with E-state index in [1.54, 1.807) is 59.7 Å². The molecule has 1 N–H and O–H groups in total. The van der Waals surface area contributed by atoms with Gasteiger partial charge < -0.3 is 9.84 Å². The van der Waals surface area contributed by atoms with Gasteiger partial charge in [-0.1, -0.05) is 17.7 Å². The zero-order chi connectivity index (χ0) is 17.9. The summed E-state index contributed by atoms with van der Waals surface area (Å²) in [6, 6.07) is 3.45. The van der Waals surface area contributed by atoms with Crippen LogP contribution in [-0.4, -0.2) is 33.7 Å². The molecule has 0 bridgehead atoms. The molecule has 1 amide bonds. The van der Waals surface area contributed by atoms with Crippen LogP contribution in [0, 0.1) is 6.92 Å². The van der Waals surface area contributed by atoms with E-state index in [2.05, 4.69) is 0 Å². The Labute approximate surface area is 142 Å². The Morgan fingerprint density at radius 1 is 1.26 bits per heavy atom. The Morgan fingerprint density at radius 3 is 2.22 bits per heavy atom. The number of aryl methyl sites for hydroxylation is 1. The summed E-state index contributed by atoms with van der Waals surface area (Å²) < 4.78 is 5.37. The topological polar surface area (TPSA) is 66.8 Å². The van der Waals surface area contributed by atoms with Gasteiger partial charge in [-0.3, -0.25) is 4.90 Å².